The molecular formula is C21H17ClN4O3S2. The molecule has 31 heavy (non-hydrogen) atoms. The van der Waals surface area contributed by atoms with Crippen molar-refractivity contribution < 1.29 is 13.9 Å². The van der Waals surface area contributed by atoms with Gasteiger partial charge < -0.3 is 9.15 Å². The highest BCUT2D eigenvalue weighted by atomic mass is 35.5. The summed E-state index contributed by atoms with van der Waals surface area (Å²) in [5.41, 5.74) is 1.61. The van der Waals surface area contributed by atoms with Gasteiger partial charge in [-0.15, -0.1) is 21.5 Å². The van der Waals surface area contributed by atoms with Gasteiger partial charge in [0.25, 0.3) is 11.1 Å². The van der Waals surface area contributed by atoms with Crippen molar-refractivity contribution in [1.82, 2.24) is 15.2 Å². The Balaban J connectivity index is 1.34. The van der Waals surface area contributed by atoms with E-state index in [0.717, 1.165) is 11.4 Å². The van der Waals surface area contributed by atoms with Crippen LogP contribution < -0.4 is 9.64 Å². The first-order valence-corrected chi connectivity index (χ1v) is 11.5. The first-order chi connectivity index (χ1) is 15.1. The van der Waals surface area contributed by atoms with Gasteiger partial charge in [-0.05, 0) is 36.4 Å². The Labute approximate surface area is 192 Å². The zero-order valence-electron chi connectivity index (χ0n) is 16.4. The van der Waals surface area contributed by atoms with Crippen LogP contribution in [0.2, 0.25) is 5.02 Å². The lowest BCUT2D eigenvalue weighted by molar-refractivity contribution is -0.115. The molecule has 7 nitrogen and oxygen atoms in total. The zero-order chi connectivity index (χ0) is 21.6. The molecule has 0 atom stereocenters. The summed E-state index contributed by atoms with van der Waals surface area (Å²) in [6, 6.07) is 16.5. The predicted octanol–water partition coefficient (Wildman–Crippen LogP) is 5.74. The number of carbonyl (C=O) groups is 1. The fourth-order valence-corrected chi connectivity index (χ4v) is 4.43. The van der Waals surface area contributed by atoms with Crippen LogP contribution >= 0.6 is 34.7 Å². The van der Waals surface area contributed by atoms with Crippen LogP contribution in [0.15, 0.2) is 69.6 Å². The van der Waals surface area contributed by atoms with Gasteiger partial charge in [-0.1, -0.05) is 41.6 Å². The molecule has 0 aliphatic carbocycles. The topological polar surface area (TPSA) is 81.4 Å². The fraction of sp³-hybridized carbons (Fsp3) is 0.143. The van der Waals surface area contributed by atoms with Crippen LogP contribution in [0.5, 0.6) is 5.75 Å². The third kappa shape index (κ3) is 5.63. The second kappa shape index (κ2) is 9.95. The van der Waals surface area contributed by atoms with E-state index in [1.165, 1.54) is 30.0 Å². The molecule has 2 heterocycles. The molecule has 0 N–H and O–H groups in total. The monoisotopic (exact) mass is 472 g/mol. The van der Waals surface area contributed by atoms with Gasteiger partial charge in [0.1, 0.15) is 5.75 Å². The number of aromatic nitrogens is 3. The van der Waals surface area contributed by atoms with E-state index in [1.54, 1.807) is 29.2 Å². The Bertz CT molecular complexity index is 1150. The summed E-state index contributed by atoms with van der Waals surface area (Å²) in [5.74, 6) is 1.49. The molecule has 158 valence electrons. The van der Waals surface area contributed by atoms with Gasteiger partial charge in [-0.2, -0.15) is 0 Å². The Morgan fingerprint density at radius 3 is 2.68 bits per heavy atom. The van der Waals surface area contributed by atoms with Gasteiger partial charge in [0.05, 0.1) is 11.4 Å². The van der Waals surface area contributed by atoms with Gasteiger partial charge in [-0.25, -0.2) is 4.98 Å². The number of ether oxygens (including phenoxy) is 1. The van der Waals surface area contributed by atoms with Crippen molar-refractivity contribution in [1.29, 1.82) is 0 Å². The number of thioether (sulfide) groups is 1. The minimum atomic E-state index is -0.0954. The van der Waals surface area contributed by atoms with Crippen molar-refractivity contribution >= 4 is 51.4 Å². The van der Waals surface area contributed by atoms with Gasteiger partial charge >= 0.3 is 0 Å². The van der Waals surface area contributed by atoms with E-state index >= 15 is 0 Å². The molecule has 0 radical (unpaired) electrons. The number of amides is 1. The fourth-order valence-electron chi connectivity index (χ4n) is 2.64. The van der Waals surface area contributed by atoms with E-state index < -0.39 is 0 Å². The van der Waals surface area contributed by atoms with E-state index in [1.807, 2.05) is 35.7 Å². The quantitative estimate of drug-likeness (QED) is 0.302. The lowest BCUT2D eigenvalue weighted by atomic mass is 10.3. The lowest BCUT2D eigenvalue weighted by Gasteiger charge is -2.17. The highest BCUT2D eigenvalue weighted by Gasteiger charge is 2.18. The maximum absolute atomic E-state index is 12.2. The number of hydrogen-bond donors (Lipinski definition) is 0. The third-order valence-corrected chi connectivity index (χ3v) is 6.01. The van der Waals surface area contributed by atoms with Crippen molar-refractivity contribution in [2.24, 2.45) is 0 Å². The number of anilines is 2. The standard InChI is InChI=1S/C21H17ClN4O3S2/c1-14(27)26(17-5-3-2-4-6-17)20-23-16(12-30-20)13-31-21-25-24-19(29-21)11-28-18-9-7-15(22)8-10-18/h2-10,12H,11,13H2,1H3. The normalized spacial score (nSPS) is 10.8. The summed E-state index contributed by atoms with van der Waals surface area (Å²) in [6.45, 7) is 1.69. The summed E-state index contributed by atoms with van der Waals surface area (Å²) in [6.07, 6.45) is 0. The van der Waals surface area contributed by atoms with E-state index in [0.29, 0.717) is 32.8 Å². The Morgan fingerprint density at radius 2 is 1.94 bits per heavy atom. The molecule has 0 fully saturated rings. The summed E-state index contributed by atoms with van der Waals surface area (Å²) >= 11 is 8.65. The van der Waals surface area contributed by atoms with Crippen molar-refractivity contribution in [3.63, 3.8) is 0 Å². The molecular weight excluding hydrogens is 456 g/mol. The zero-order valence-corrected chi connectivity index (χ0v) is 18.8. The van der Waals surface area contributed by atoms with Crippen LogP contribution in [0.1, 0.15) is 18.5 Å². The second-order valence-corrected chi connectivity index (χ2v) is 8.50. The average Bonchev–Trinajstić information content (AvgIpc) is 3.42. The first kappa shape index (κ1) is 21.4. The number of thiazole rings is 1. The second-order valence-electron chi connectivity index (χ2n) is 6.30. The minimum absolute atomic E-state index is 0.0954. The molecule has 4 aromatic rings. The molecule has 0 aliphatic rings. The molecule has 0 bridgehead atoms. The van der Waals surface area contributed by atoms with Crippen molar-refractivity contribution in [3.8, 4) is 5.75 Å². The third-order valence-electron chi connectivity index (χ3n) is 4.03. The average molecular weight is 473 g/mol. The van der Waals surface area contributed by atoms with E-state index in [-0.39, 0.29) is 12.5 Å². The van der Waals surface area contributed by atoms with Gasteiger partial charge in [-0.3, -0.25) is 9.69 Å². The van der Waals surface area contributed by atoms with Gasteiger partial charge in [0.2, 0.25) is 5.91 Å². The van der Waals surface area contributed by atoms with Gasteiger partial charge in [0, 0.05) is 23.1 Å². The molecule has 2 aromatic heterocycles. The highest BCUT2D eigenvalue weighted by Crippen LogP contribution is 2.31. The number of rotatable bonds is 8. The molecule has 2 aromatic carbocycles. The molecule has 0 unspecified atom stereocenters. The van der Waals surface area contributed by atoms with Crippen LogP contribution in [0, 0.1) is 0 Å². The van der Waals surface area contributed by atoms with Crippen molar-refractivity contribution in [3.05, 3.63) is 76.6 Å². The smallest absolute Gasteiger partial charge is 0.277 e. The molecule has 10 heteroatoms. The molecule has 0 aliphatic heterocycles. The Hall–Kier alpha value is -2.88. The maximum atomic E-state index is 12.2. The Morgan fingerprint density at radius 1 is 1.16 bits per heavy atom. The number of halogens is 1. The van der Waals surface area contributed by atoms with Crippen molar-refractivity contribution in [2.75, 3.05) is 4.90 Å². The lowest BCUT2D eigenvalue weighted by Crippen LogP contribution is -2.22. The number of hydrogen-bond acceptors (Lipinski definition) is 8. The highest BCUT2D eigenvalue weighted by molar-refractivity contribution is 7.98. The summed E-state index contributed by atoms with van der Waals surface area (Å²) < 4.78 is 11.2. The van der Waals surface area contributed by atoms with Crippen LogP contribution in [0.4, 0.5) is 10.8 Å². The largest absolute Gasteiger partial charge is 0.484 e. The molecule has 0 saturated carbocycles. The van der Waals surface area contributed by atoms with Crippen LogP contribution in [0.3, 0.4) is 0 Å². The number of para-hydroxylation sites is 1. The predicted molar refractivity (Wildman–Crippen MR) is 121 cm³/mol. The van der Waals surface area contributed by atoms with Gasteiger partial charge in [0.15, 0.2) is 11.7 Å². The SMILES string of the molecule is CC(=O)N(c1ccccc1)c1nc(CSc2nnc(COc3ccc(Cl)cc3)o2)cs1. The first-order valence-electron chi connectivity index (χ1n) is 9.22. The van der Waals surface area contributed by atoms with E-state index in [4.69, 9.17) is 20.8 Å². The number of nitrogens with zero attached hydrogens (tertiary/aromatic N) is 4. The number of benzene rings is 2. The summed E-state index contributed by atoms with van der Waals surface area (Å²) in [5, 5.41) is 11.6. The van der Waals surface area contributed by atoms with E-state index in [9.17, 15) is 4.79 Å². The maximum Gasteiger partial charge on any atom is 0.277 e. The number of carbonyl (C=O) groups excluding carboxylic acids is 1. The molecule has 0 saturated heterocycles. The van der Waals surface area contributed by atoms with Crippen LogP contribution in [-0.2, 0) is 17.2 Å². The minimum Gasteiger partial charge on any atom is -0.484 e. The molecule has 1 amide bonds. The summed E-state index contributed by atoms with van der Waals surface area (Å²) in [4.78, 5) is 18.3. The summed E-state index contributed by atoms with van der Waals surface area (Å²) in [7, 11) is 0. The van der Waals surface area contributed by atoms with Crippen LogP contribution in [0.25, 0.3) is 0 Å². The molecule has 0 spiro atoms. The van der Waals surface area contributed by atoms with E-state index in [2.05, 4.69) is 15.2 Å². The van der Waals surface area contributed by atoms with Crippen LogP contribution in [-0.4, -0.2) is 21.1 Å². The Kier molecular flexibility index (Phi) is 6.86. The van der Waals surface area contributed by atoms with Crippen molar-refractivity contribution in [2.45, 2.75) is 24.5 Å². The molecule has 4 rings (SSSR count).